The molecule has 1 aromatic heterocycles. The van der Waals surface area contributed by atoms with Crippen LogP contribution in [0.4, 0.5) is 10.5 Å². The van der Waals surface area contributed by atoms with E-state index >= 15 is 0 Å². The number of aromatic nitrogens is 1. The molecule has 0 saturated carbocycles. The Hall–Kier alpha value is -3.27. The summed E-state index contributed by atoms with van der Waals surface area (Å²) in [5, 5.41) is 6.59. The highest BCUT2D eigenvalue weighted by Gasteiger charge is 2.23. The number of cyclic esters (lactones) is 1. The number of hydrogen-bond acceptors (Lipinski definition) is 5. The molecule has 3 rings (SSSR count). The van der Waals surface area contributed by atoms with E-state index in [0.717, 1.165) is 22.5 Å². The molecule has 7 heteroatoms. The number of nitrogens with zero attached hydrogens (tertiary/aromatic N) is 2. The zero-order valence-corrected chi connectivity index (χ0v) is 14.7. The van der Waals surface area contributed by atoms with Crippen LogP contribution in [0.5, 0.6) is 0 Å². The lowest BCUT2D eigenvalue weighted by molar-refractivity contribution is -0.120. The van der Waals surface area contributed by atoms with Gasteiger partial charge in [-0.15, -0.1) is 0 Å². The third kappa shape index (κ3) is 4.03. The van der Waals surface area contributed by atoms with E-state index in [4.69, 9.17) is 9.26 Å². The first-order chi connectivity index (χ1) is 12.5. The zero-order valence-electron chi connectivity index (χ0n) is 14.7. The summed E-state index contributed by atoms with van der Waals surface area (Å²) in [5.41, 5.74) is 3.13. The fraction of sp³-hybridized carbons (Fsp3) is 0.316. The zero-order chi connectivity index (χ0) is 18.5. The molecular weight excluding hydrogens is 334 g/mol. The van der Waals surface area contributed by atoms with Crippen molar-refractivity contribution in [2.24, 2.45) is 0 Å². The van der Waals surface area contributed by atoms with Crippen molar-refractivity contribution in [1.29, 1.82) is 0 Å². The molecule has 0 aliphatic carbocycles. The number of ether oxygens (including phenoxy) is 1. The quantitative estimate of drug-likeness (QED) is 0.850. The molecule has 1 fully saturated rings. The molecular formula is C19H19N3O4. The van der Waals surface area contributed by atoms with Crippen molar-refractivity contribution in [3.05, 3.63) is 46.8 Å². The average molecular weight is 353 g/mol. The summed E-state index contributed by atoms with van der Waals surface area (Å²) in [4.78, 5) is 25.0. The predicted octanol–water partition coefficient (Wildman–Crippen LogP) is 1.96. The Kier molecular flexibility index (Phi) is 5.23. The molecule has 2 aromatic rings. The van der Waals surface area contributed by atoms with Crippen molar-refractivity contribution in [2.45, 2.75) is 20.3 Å². The molecule has 2 heterocycles. The number of rotatable bonds is 4. The van der Waals surface area contributed by atoms with E-state index in [1.54, 1.807) is 11.8 Å². The van der Waals surface area contributed by atoms with E-state index in [1.807, 2.05) is 31.2 Å². The Morgan fingerprint density at radius 2 is 2.08 bits per heavy atom. The minimum atomic E-state index is -0.329. The van der Waals surface area contributed by atoms with Crippen LogP contribution in [0.25, 0.3) is 0 Å². The number of anilines is 1. The topological polar surface area (TPSA) is 84.7 Å². The monoisotopic (exact) mass is 353 g/mol. The normalized spacial score (nSPS) is 13.2. The van der Waals surface area contributed by atoms with Crippen LogP contribution in [0.2, 0.25) is 0 Å². The molecule has 1 N–H and O–H groups in total. The van der Waals surface area contributed by atoms with Crippen LogP contribution in [-0.4, -0.2) is 36.9 Å². The van der Waals surface area contributed by atoms with E-state index in [-0.39, 0.29) is 25.0 Å². The predicted molar refractivity (Wildman–Crippen MR) is 94.7 cm³/mol. The van der Waals surface area contributed by atoms with Crippen LogP contribution in [-0.2, 0) is 16.0 Å². The first kappa shape index (κ1) is 17.5. The standard InChI is InChI=1S/C19H19N3O4/c1-13-17(14(2)26-21-13)12-18(23)20-9-3-4-15-5-7-16(8-6-15)22-10-11-25-19(22)24/h5-8H,9-12H2,1-2H3,(H,20,23). The Labute approximate surface area is 151 Å². The summed E-state index contributed by atoms with van der Waals surface area (Å²) in [5.74, 6) is 6.42. The summed E-state index contributed by atoms with van der Waals surface area (Å²) >= 11 is 0. The molecule has 0 bridgehead atoms. The lowest BCUT2D eigenvalue weighted by atomic mass is 10.1. The third-order valence-electron chi connectivity index (χ3n) is 4.07. The summed E-state index contributed by atoms with van der Waals surface area (Å²) in [6.07, 6.45) is -0.103. The van der Waals surface area contributed by atoms with Crippen LogP contribution in [0, 0.1) is 25.7 Å². The lowest BCUT2D eigenvalue weighted by Gasteiger charge is -2.11. The van der Waals surface area contributed by atoms with Gasteiger partial charge in [0.2, 0.25) is 5.91 Å². The average Bonchev–Trinajstić information content (AvgIpc) is 3.20. The number of carbonyl (C=O) groups is 2. The van der Waals surface area contributed by atoms with Crippen molar-refractivity contribution in [3.63, 3.8) is 0 Å². The van der Waals surface area contributed by atoms with Gasteiger partial charge in [-0.1, -0.05) is 17.0 Å². The van der Waals surface area contributed by atoms with Gasteiger partial charge in [0.05, 0.1) is 25.2 Å². The number of hydrogen-bond donors (Lipinski definition) is 1. The van der Waals surface area contributed by atoms with Gasteiger partial charge in [0.15, 0.2) is 0 Å². The van der Waals surface area contributed by atoms with Gasteiger partial charge in [0.1, 0.15) is 12.4 Å². The van der Waals surface area contributed by atoms with Gasteiger partial charge in [-0.3, -0.25) is 9.69 Å². The molecule has 1 saturated heterocycles. The molecule has 134 valence electrons. The molecule has 1 aliphatic heterocycles. The maximum absolute atomic E-state index is 12.0. The van der Waals surface area contributed by atoms with Gasteiger partial charge in [-0.2, -0.15) is 0 Å². The van der Waals surface area contributed by atoms with E-state index in [9.17, 15) is 9.59 Å². The molecule has 0 atom stereocenters. The second kappa shape index (κ2) is 7.74. The minimum absolute atomic E-state index is 0.128. The van der Waals surface area contributed by atoms with Gasteiger partial charge in [0.25, 0.3) is 0 Å². The molecule has 26 heavy (non-hydrogen) atoms. The van der Waals surface area contributed by atoms with Gasteiger partial charge in [-0.25, -0.2) is 4.79 Å². The summed E-state index contributed by atoms with van der Waals surface area (Å²) in [6, 6.07) is 7.32. The first-order valence-electron chi connectivity index (χ1n) is 8.26. The fourth-order valence-corrected chi connectivity index (χ4v) is 2.62. The molecule has 7 nitrogen and oxygen atoms in total. The Balaban J connectivity index is 1.50. The summed E-state index contributed by atoms with van der Waals surface area (Å²) in [6.45, 7) is 4.82. The van der Waals surface area contributed by atoms with Crippen molar-refractivity contribution in [2.75, 3.05) is 24.6 Å². The fourth-order valence-electron chi connectivity index (χ4n) is 2.62. The molecule has 0 radical (unpaired) electrons. The second-order valence-corrected chi connectivity index (χ2v) is 5.87. The van der Waals surface area contributed by atoms with Crippen molar-refractivity contribution < 1.29 is 18.8 Å². The Bertz CT molecular complexity index is 855. The van der Waals surface area contributed by atoms with E-state index < -0.39 is 0 Å². The maximum Gasteiger partial charge on any atom is 0.414 e. The molecule has 2 amide bonds. The first-order valence-corrected chi connectivity index (χ1v) is 8.26. The maximum atomic E-state index is 12.0. The number of amides is 2. The van der Waals surface area contributed by atoms with E-state index in [0.29, 0.717) is 18.9 Å². The van der Waals surface area contributed by atoms with Gasteiger partial charge in [0, 0.05) is 16.8 Å². The van der Waals surface area contributed by atoms with Crippen LogP contribution in [0.1, 0.15) is 22.6 Å². The number of benzene rings is 1. The molecule has 1 aliphatic rings. The van der Waals surface area contributed by atoms with Crippen LogP contribution in [0.15, 0.2) is 28.8 Å². The van der Waals surface area contributed by atoms with Gasteiger partial charge in [-0.05, 0) is 38.1 Å². The van der Waals surface area contributed by atoms with Crippen LogP contribution >= 0.6 is 0 Å². The smallest absolute Gasteiger partial charge is 0.414 e. The van der Waals surface area contributed by atoms with Gasteiger partial charge < -0.3 is 14.6 Å². The molecule has 1 aromatic carbocycles. The van der Waals surface area contributed by atoms with Crippen LogP contribution in [0.3, 0.4) is 0 Å². The highest BCUT2D eigenvalue weighted by molar-refractivity contribution is 5.89. The molecule has 0 spiro atoms. The van der Waals surface area contributed by atoms with Gasteiger partial charge >= 0.3 is 6.09 Å². The highest BCUT2D eigenvalue weighted by Crippen LogP contribution is 2.18. The second-order valence-electron chi connectivity index (χ2n) is 5.87. The third-order valence-corrected chi connectivity index (χ3v) is 4.07. The number of nitrogens with one attached hydrogen (secondary N) is 1. The van der Waals surface area contributed by atoms with Crippen molar-refractivity contribution in [3.8, 4) is 11.8 Å². The largest absolute Gasteiger partial charge is 0.447 e. The minimum Gasteiger partial charge on any atom is -0.447 e. The summed E-state index contributed by atoms with van der Waals surface area (Å²) < 4.78 is 9.96. The Morgan fingerprint density at radius 1 is 1.31 bits per heavy atom. The lowest BCUT2D eigenvalue weighted by Crippen LogP contribution is -2.25. The van der Waals surface area contributed by atoms with E-state index in [2.05, 4.69) is 22.3 Å². The van der Waals surface area contributed by atoms with Crippen molar-refractivity contribution in [1.82, 2.24) is 10.5 Å². The highest BCUT2D eigenvalue weighted by atomic mass is 16.6. The number of carbonyl (C=O) groups excluding carboxylic acids is 2. The number of aryl methyl sites for hydroxylation is 2. The summed E-state index contributed by atoms with van der Waals surface area (Å²) in [7, 11) is 0. The van der Waals surface area contributed by atoms with E-state index in [1.165, 1.54) is 0 Å². The van der Waals surface area contributed by atoms with Crippen LogP contribution < -0.4 is 10.2 Å². The molecule has 0 unspecified atom stereocenters. The Morgan fingerprint density at radius 3 is 2.69 bits per heavy atom. The SMILES string of the molecule is Cc1noc(C)c1CC(=O)NCC#Cc1ccc(N2CCOC2=O)cc1. The van der Waals surface area contributed by atoms with Crippen molar-refractivity contribution >= 4 is 17.7 Å².